The number of hydrogen-bond donors (Lipinski definition) is 3. The fourth-order valence-electron chi connectivity index (χ4n) is 2.98. The Morgan fingerprint density at radius 1 is 1.11 bits per heavy atom. The van der Waals surface area contributed by atoms with E-state index in [0.717, 1.165) is 31.2 Å². The molecule has 6 heteroatoms. The minimum absolute atomic E-state index is 0.0832. The molecule has 0 radical (unpaired) electrons. The van der Waals surface area contributed by atoms with Gasteiger partial charge in [0.1, 0.15) is 0 Å². The van der Waals surface area contributed by atoms with Gasteiger partial charge in [0.25, 0.3) is 5.91 Å². The number of hydrogen-bond acceptors (Lipinski definition) is 3. The lowest BCUT2D eigenvalue weighted by atomic mass is 10.1. The Hall–Kier alpha value is -3.02. The molecule has 0 heterocycles. The Morgan fingerprint density at radius 2 is 1.89 bits per heavy atom. The van der Waals surface area contributed by atoms with Gasteiger partial charge in [-0.15, -0.1) is 0 Å². The monoisotopic (exact) mass is 381 g/mol. The van der Waals surface area contributed by atoms with Crippen LogP contribution in [0.1, 0.15) is 28.4 Å². The topological polar surface area (TPSA) is 68.8 Å². The summed E-state index contributed by atoms with van der Waals surface area (Å²) in [5, 5.41) is 9.30. The van der Waals surface area contributed by atoms with Crippen molar-refractivity contribution in [2.75, 3.05) is 38.6 Å². The smallest absolute Gasteiger partial charge is 0.251 e. The number of carbonyl (C=O) groups is 1. The van der Waals surface area contributed by atoms with Crippen molar-refractivity contribution in [2.45, 2.75) is 20.4 Å². The maximum atomic E-state index is 11.8. The van der Waals surface area contributed by atoms with E-state index in [2.05, 4.69) is 64.0 Å². The number of amides is 1. The normalized spacial score (nSPS) is 11.1. The Balaban J connectivity index is 1.85. The maximum Gasteiger partial charge on any atom is 0.251 e. The third-order valence-electron chi connectivity index (χ3n) is 4.52. The third-order valence-corrected chi connectivity index (χ3v) is 4.52. The van der Waals surface area contributed by atoms with Gasteiger partial charge >= 0.3 is 0 Å². The number of rotatable bonds is 8. The molecule has 0 saturated carbocycles. The number of guanidine groups is 1. The van der Waals surface area contributed by atoms with Crippen molar-refractivity contribution < 1.29 is 4.79 Å². The number of nitrogens with one attached hydrogen (secondary N) is 3. The minimum Gasteiger partial charge on any atom is -0.370 e. The lowest BCUT2D eigenvalue weighted by Crippen LogP contribution is -2.41. The van der Waals surface area contributed by atoms with Crippen molar-refractivity contribution in [1.29, 1.82) is 0 Å². The Morgan fingerprint density at radius 3 is 2.57 bits per heavy atom. The first-order valence-electron chi connectivity index (χ1n) is 9.64. The average molecular weight is 382 g/mol. The molecule has 0 atom stereocenters. The molecule has 0 fully saturated rings. The molecule has 0 aromatic heterocycles. The molecule has 1 amide bonds. The van der Waals surface area contributed by atoms with Crippen molar-refractivity contribution in [3.63, 3.8) is 0 Å². The van der Waals surface area contributed by atoms with Crippen LogP contribution in [-0.2, 0) is 6.54 Å². The average Bonchev–Trinajstić information content (AvgIpc) is 2.73. The first-order chi connectivity index (χ1) is 13.6. The second-order valence-corrected chi connectivity index (χ2v) is 6.55. The summed E-state index contributed by atoms with van der Waals surface area (Å²) in [5.74, 6) is 0.658. The predicted octanol–water partition coefficient (Wildman–Crippen LogP) is 2.55. The van der Waals surface area contributed by atoms with Gasteiger partial charge in [0, 0.05) is 51.5 Å². The summed E-state index contributed by atoms with van der Waals surface area (Å²) in [4.78, 5) is 18.4. The van der Waals surface area contributed by atoms with Crippen LogP contribution >= 0.6 is 0 Å². The molecule has 150 valence electrons. The summed E-state index contributed by atoms with van der Waals surface area (Å²) in [6.07, 6.45) is 0. The van der Waals surface area contributed by atoms with Crippen molar-refractivity contribution in [1.82, 2.24) is 16.0 Å². The highest BCUT2D eigenvalue weighted by molar-refractivity contribution is 5.94. The number of benzene rings is 2. The fraction of sp³-hybridized carbons (Fsp3) is 0.364. The Labute approximate surface area is 168 Å². The fourth-order valence-corrected chi connectivity index (χ4v) is 2.98. The molecular weight excluding hydrogens is 350 g/mol. The second-order valence-electron chi connectivity index (χ2n) is 6.55. The van der Waals surface area contributed by atoms with Crippen LogP contribution in [0.25, 0.3) is 0 Å². The van der Waals surface area contributed by atoms with Gasteiger partial charge in [-0.1, -0.05) is 24.3 Å². The van der Waals surface area contributed by atoms with Gasteiger partial charge in [0.2, 0.25) is 0 Å². The number of aryl methyl sites for hydroxylation is 1. The van der Waals surface area contributed by atoms with Crippen LogP contribution in [0.5, 0.6) is 0 Å². The number of nitrogens with zero attached hydrogens (tertiary/aromatic N) is 2. The van der Waals surface area contributed by atoms with Crippen LogP contribution in [0.2, 0.25) is 0 Å². The van der Waals surface area contributed by atoms with Gasteiger partial charge in [-0.05, 0) is 49.2 Å². The number of aliphatic imine (C=N–C) groups is 1. The number of anilines is 1. The van der Waals surface area contributed by atoms with E-state index in [1.54, 1.807) is 20.2 Å². The van der Waals surface area contributed by atoms with Crippen molar-refractivity contribution in [3.05, 3.63) is 65.2 Å². The predicted molar refractivity (Wildman–Crippen MR) is 117 cm³/mol. The summed E-state index contributed by atoms with van der Waals surface area (Å²) >= 11 is 0. The molecule has 0 bridgehead atoms. The van der Waals surface area contributed by atoms with Gasteiger partial charge in [-0.3, -0.25) is 9.79 Å². The highest BCUT2D eigenvalue weighted by Gasteiger charge is 2.06. The standard InChI is InChI=1S/C22H31N5O/c1-5-27(20-11-6-8-17(2)14-20)13-12-25-22(24-4)26-16-18-9-7-10-19(15-18)21(28)23-3/h6-11,14-15H,5,12-13,16H2,1-4H3,(H,23,28)(H2,24,25,26). The maximum absolute atomic E-state index is 11.8. The quantitative estimate of drug-likeness (QED) is 0.486. The van der Waals surface area contributed by atoms with E-state index in [0.29, 0.717) is 12.1 Å². The minimum atomic E-state index is -0.0832. The third kappa shape index (κ3) is 6.30. The first kappa shape index (κ1) is 21.3. The zero-order valence-corrected chi connectivity index (χ0v) is 17.2. The summed E-state index contributed by atoms with van der Waals surface area (Å²) in [7, 11) is 3.39. The van der Waals surface area contributed by atoms with E-state index in [9.17, 15) is 4.79 Å². The van der Waals surface area contributed by atoms with Crippen LogP contribution in [-0.4, -0.2) is 45.6 Å². The van der Waals surface area contributed by atoms with E-state index in [1.807, 2.05) is 18.2 Å². The number of carbonyl (C=O) groups excluding carboxylic acids is 1. The van der Waals surface area contributed by atoms with E-state index < -0.39 is 0 Å². The molecule has 6 nitrogen and oxygen atoms in total. The van der Waals surface area contributed by atoms with Crippen LogP contribution in [0.4, 0.5) is 5.69 Å². The molecule has 0 unspecified atom stereocenters. The second kappa shape index (κ2) is 11.0. The summed E-state index contributed by atoms with van der Waals surface area (Å²) < 4.78 is 0. The SMILES string of the molecule is CCN(CCNC(=NC)NCc1cccc(C(=O)NC)c1)c1cccc(C)c1. The molecule has 0 aliphatic rings. The largest absolute Gasteiger partial charge is 0.370 e. The van der Waals surface area contributed by atoms with Gasteiger partial charge in [0.05, 0.1) is 0 Å². The highest BCUT2D eigenvalue weighted by Crippen LogP contribution is 2.14. The molecule has 0 saturated heterocycles. The molecule has 0 spiro atoms. The Bertz CT molecular complexity index is 803. The molecule has 0 aliphatic carbocycles. The molecular formula is C22H31N5O. The van der Waals surface area contributed by atoms with E-state index in [4.69, 9.17) is 0 Å². The lowest BCUT2D eigenvalue weighted by molar-refractivity contribution is 0.0963. The molecule has 2 rings (SSSR count). The van der Waals surface area contributed by atoms with Crippen LogP contribution < -0.4 is 20.9 Å². The summed E-state index contributed by atoms with van der Waals surface area (Å²) in [6, 6.07) is 16.1. The van der Waals surface area contributed by atoms with Crippen molar-refractivity contribution >= 4 is 17.6 Å². The van der Waals surface area contributed by atoms with Crippen LogP contribution in [0.3, 0.4) is 0 Å². The highest BCUT2D eigenvalue weighted by atomic mass is 16.1. The van der Waals surface area contributed by atoms with E-state index in [-0.39, 0.29) is 5.91 Å². The van der Waals surface area contributed by atoms with Crippen LogP contribution in [0, 0.1) is 6.92 Å². The zero-order valence-electron chi connectivity index (χ0n) is 17.2. The lowest BCUT2D eigenvalue weighted by Gasteiger charge is -2.24. The number of likely N-dealkylation sites (N-methyl/N-ethyl adjacent to an activating group) is 1. The van der Waals surface area contributed by atoms with Crippen molar-refractivity contribution in [3.8, 4) is 0 Å². The van der Waals surface area contributed by atoms with Crippen LogP contribution in [0.15, 0.2) is 53.5 Å². The van der Waals surface area contributed by atoms with Crippen molar-refractivity contribution in [2.24, 2.45) is 4.99 Å². The Kier molecular flexibility index (Phi) is 8.34. The molecule has 2 aromatic rings. The van der Waals surface area contributed by atoms with E-state index in [1.165, 1.54) is 11.3 Å². The molecule has 2 aromatic carbocycles. The molecule has 28 heavy (non-hydrogen) atoms. The first-order valence-corrected chi connectivity index (χ1v) is 9.64. The zero-order chi connectivity index (χ0) is 20.4. The van der Waals surface area contributed by atoms with E-state index >= 15 is 0 Å². The van der Waals surface area contributed by atoms with Gasteiger partial charge < -0.3 is 20.9 Å². The van der Waals surface area contributed by atoms with Gasteiger partial charge in [-0.25, -0.2) is 0 Å². The molecule has 0 aliphatic heterocycles. The summed E-state index contributed by atoms with van der Waals surface area (Å²) in [5.41, 5.74) is 4.18. The molecule has 3 N–H and O–H groups in total. The summed E-state index contributed by atoms with van der Waals surface area (Å²) in [6.45, 7) is 7.48. The van der Waals surface area contributed by atoms with Gasteiger partial charge in [-0.2, -0.15) is 0 Å². The van der Waals surface area contributed by atoms with Gasteiger partial charge in [0.15, 0.2) is 5.96 Å².